The summed E-state index contributed by atoms with van der Waals surface area (Å²) in [6.07, 6.45) is 0.932. The molecular weight excluding hydrogens is 460 g/mol. The van der Waals surface area contributed by atoms with Gasteiger partial charge in [-0.2, -0.15) is 12.6 Å². The van der Waals surface area contributed by atoms with E-state index in [4.69, 9.17) is 26.9 Å². The maximum Gasteiger partial charge on any atom is 0.708 e. The molecule has 0 saturated carbocycles. The fourth-order valence-corrected chi connectivity index (χ4v) is 7.84. The molecule has 0 spiro atoms. The quantitative estimate of drug-likeness (QED) is 0.393. The minimum absolute atomic E-state index is 0.00499. The van der Waals surface area contributed by atoms with Crippen LogP contribution in [-0.2, 0) is 38.7 Å². The first-order valence-electron chi connectivity index (χ1n) is 9.85. The van der Waals surface area contributed by atoms with Crippen molar-refractivity contribution in [3.05, 3.63) is 23.8 Å². The molecule has 2 rings (SSSR count). The molecule has 1 aliphatic heterocycles. The largest absolute Gasteiger partial charge is 0.708 e. The molecule has 0 bridgehead atoms. The summed E-state index contributed by atoms with van der Waals surface area (Å²) in [7, 11) is -6.18. The van der Waals surface area contributed by atoms with Gasteiger partial charge >= 0.3 is 17.4 Å². The molecule has 0 amide bonds. The van der Waals surface area contributed by atoms with Crippen LogP contribution in [0.1, 0.15) is 32.8 Å². The van der Waals surface area contributed by atoms with Gasteiger partial charge in [0.25, 0.3) is 17.9 Å². The van der Waals surface area contributed by atoms with Crippen molar-refractivity contribution >= 4 is 47.9 Å². The van der Waals surface area contributed by atoms with Crippen LogP contribution >= 0.6 is 12.6 Å². The van der Waals surface area contributed by atoms with Crippen LogP contribution in [0.5, 0.6) is 11.5 Å². The Hall–Kier alpha value is -2.03. The molecule has 1 heterocycles. The van der Waals surface area contributed by atoms with E-state index in [1.165, 1.54) is 0 Å². The van der Waals surface area contributed by atoms with Gasteiger partial charge in [-0.15, -0.1) is 0 Å². The monoisotopic (exact) mass is 488 g/mol. The molecule has 0 N–H and O–H groups in total. The van der Waals surface area contributed by atoms with E-state index in [1.807, 2.05) is 12.6 Å². The van der Waals surface area contributed by atoms with Crippen LogP contribution in [0, 0.1) is 0 Å². The van der Waals surface area contributed by atoms with Crippen molar-refractivity contribution < 1.29 is 41.3 Å². The van der Waals surface area contributed by atoms with E-state index in [-0.39, 0.29) is 12.7 Å². The Morgan fingerprint density at radius 1 is 1.10 bits per heavy atom. The van der Waals surface area contributed by atoms with E-state index < -0.39 is 35.3 Å². The Bertz CT molecular complexity index is 779. The summed E-state index contributed by atoms with van der Waals surface area (Å²) in [4.78, 5) is 34.5. The van der Waals surface area contributed by atoms with Crippen LogP contribution in [0.2, 0.25) is 18.6 Å². The number of carbonyl (C=O) groups is 3. The van der Waals surface area contributed by atoms with Gasteiger partial charge in [-0.3, -0.25) is 14.4 Å². The smallest absolute Gasteiger partial charge is 0.520 e. The van der Waals surface area contributed by atoms with Gasteiger partial charge in [0.2, 0.25) is 0 Å². The van der Waals surface area contributed by atoms with Gasteiger partial charge in [0, 0.05) is 32.4 Å². The van der Waals surface area contributed by atoms with E-state index in [1.54, 1.807) is 12.1 Å². The first-order valence-corrected chi connectivity index (χ1v) is 14.9. The van der Waals surface area contributed by atoms with Gasteiger partial charge in [-0.1, -0.05) is 0 Å². The van der Waals surface area contributed by atoms with Crippen molar-refractivity contribution in [2.75, 3.05) is 12.4 Å². The van der Waals surface area contributed by atoms with Crippen LogP contribution < -0.4 is 9.16 Å². The minimum atomic E-state index is -3.92. The molecule has 172 valence electrons. The number of fused-ring (bicyclic) bond motifs is 1. The Kier molecular flexibility index (Phi) is 8.97. The maximum absolute atomic E-state index is 11.5. The zero-order valence-electron chi connectivity index (χ0n) is 18.1. The lowest BCUT2D eigenvalue weighted by molar-refractivity contribution is -0.147. The molecule has 1 aliphatic rings. The highest BCUT2D eigenvalue weighted by Gasteiger charge is 2.51. The van der Waals surface area contributed by atoms with Crippen LogP contribution in [0.4, 0.5) is 0 Å². The summed E-state index contributed by atoms with van der Waals surface area (Å²) < 4.78 is 33.3. The van der Waals surface area contributed by atoms with E-state index in [0.29, 0.717) is 12.4 Å². The Balaban J connectivity index is 2.05. The summed E-state index contributed by atoms with van der Waals surface area (Å²) in [5.74, 6) is -0.0705. The average molecular weight is 489 g/mol. The number of thiol groups is 1. The number of hydrogen-bond donors (Lipinski definition) is 1. The highest BCUT2D eigenvalue weighted by atomic mass is 32.1. The van der Waals surface area contributed by atoms with E-state index in [9.17, 15) is 14.4 Å². The fraction of sp³-hybridized carbons (Fsp3) is 0.526. The minimum Gasteiger partial charge on any atom is -0.520 e. The Morgan fingerprint density at radius 3 is 2.26 bits per heavy atom. The van der Waals surface area contributed by atoms with Crippen molar-refractivity contribution in [1.82, 2.24) is 0 Å². The van der Waals surface area contributed by atoms with E-state index in [2.05, 4.69) is 12.6 Å². The third-order valence-corrected chi connectivity index (χ3v) is 9.85. The van der Waals surface area contributed by atoms with Crippen LogP contribution in [0.25, 0.3) is 0 Å². The fourth-order valence-electron chi connectivity index (χ4n) is 3.04. The molecule has 1 aromatic carbocycles. The first-order chi connectivity index (χ1) is 14.6. The molecule has 0 aliphatic carbocycles. The van der Waals surface area contributed by atoms with E-state index in [0.717, 1.165) is 50.3 Å². The average Bonchev–Trinajstić information content (AvgIpc) is 2.65. The Labute approximate surface area is 189 Å². The molecule has 31 heavy (non-hydrogen) atoms. The molecule has 0 saturated heterocycles. The lowest BCUT2D eigenvalue weighted by atomic mass is 10.2. The van der Waals surface area contributed by atoms with E-state index >= 15 is 0 Å². The van der Waals surface area contributed by atoms with Crippen molar-refractivity contribution in [3.63, 3.8) is 0 Å². The van der Waals surface area contributed by atoms with Gasteiger partial charge in [0.1, 0.15) is 11.5 Å². The van der Waals surface area contributed by atoms with Gasteiger partial charge < -0.3 is 26.9 Å². The molecule has 1 aromatic rings. The first kappa shape index (κ1) is 25.2. The van der Waals surface area contributed by atoms with Gasteiger partial charge in [0.15, 0.2) is 0 Å². The summed E-state index contributed by atoms with van der Waals surface area (Å²) in [6.45, 7) is 5.89. The SMILES string of the molecule is CC(=O)O[Si](CCOc1ccc2c(c1)CO[Si](C)(CCCS)O2)(OC(C)=O)OC(C)=O. The highest BCUT2D eigenvalue weighted by Crippen LogP contribution is 2.34. The lowest BCUT2D eigenvalue weighted by Crippen LogP contribution is -2.50. The summed E-state index contributed by atoms with van der Waals surface area (Å²) >= 11 is 4.25. The zero-order chi connectivity index (χ0) is 23.1. The number of hydrogen-bond acceptors (Lipinski definition) is 10. The molecule has 1 unspecified atom stereocenters. The topological polar surface area (TPSA) is 107 Å². The van der Waals surface area contributed by atoms with Crippen molar-refractivity contribution in [1.29, 1.82) is 0 Å². The second-order valence-corrected chi connectivity index (χ2v) is 13.4. The van der Waals surface area contributed by atoms with Gasteiger partial charge in [-0.05, 0) is 36.9 Å². The molecule has 1 atom stereocenters. The van der Waals surface area contributed by atoms with Crippen LogP contribution in [-0.4, -0.2) is 47.6 Å². The third-order valence-electron chi connectivity index (χ3n) is 4.25. The van der Waals surface area contributed by atoms with Crippen LogP contribution in [0.15, 0.2) is 18.2 Å². The van der Waals surface area contributed by atoms with Gasteiger partial charge in [-0.25, -0.2) is 0 Å². The molecule has 12 heteroatoms. The number of ether oxygens (including phenoxy) is 1. The highest BCUT2D eigenvalue weighted by molar-refractivity contribution is 7.80. The molecule has 9 nitrogen and oxygen atoms in total. The standard InChI is InChI=1S/C19H28O9SSi2/c1-14(20)25-31(26-15(2)21,27-16(3)22)11-8-23-18-6-7-19-17(12-18)13-24-30(4,28-19)10-5-9-29/h6-7,12,29H,5,8-11,13H2,1-4H3. The number of rotatable bonds is 10. The zero-order valence-corrected chi connectivity index (χ0v) is 21.0. The maximum atomic E-state index is 11.5. The number of carbonyl (C=O) groups excluding carboxylic acids is 3. The van der Waals surface area contributed by atoms with Crippen molar-refractivity contribution in [2.24, 2.45) is 0 Å². The molecular formula is C19H28O9SSi2. The molecule has 0 fully saturated rings. The third kappa shape index (κ3) is 7.87. The van der Waals surface area contributed by atoms with Crippen LogP contribution in [0.3, 0.4) is 0 Å². The van der Waals surface area contributed by atoms with Gasteiger partial charge in [0.05, 0.1) is 19.3 Å². The lowest BCUT2D eigenvalue weighted by Gasteiger charge is -2.33. The number of benzene rings is 1. The second kappa shape index (κ2) is 11.0. The normalized spacial score (nSPS) is 17.7. The van der Waals surface area contributed by atoms with Crippen molar-refractivity contribution in [2.45, 2.75) is 52.4 Å². The molecule has 0 radical (unpaired) electrons. The predicted molar refractivity (Wildman–Crippen MR) is 118 cm³/mol. The Morgan fingerprint density at radius 2 is 1.71 bits per heavy atom. The molecule has 0 aromatic heterocycles. The van der Waals surface area contributed by atoms with Crippen molar-refractivity contribution in [3.8, 4) is 11.5 Å². The summed E-state index contributed by atoms with van der Waals surface area (Å²) in [5, 5.41) is 0. The predicted octanol–water partition coefficient (Wildman–Crippen LogP) is 2.99. The second-order valence-electron chi connectivity index (χ2n) is 7.18. The summed E-state index contributed by atoms with van der Waals surface area (Å²) in [5.41, 5.74) is 0.858. The summed E-state index contributed by atoms with van der Waals surface area (Å²) in [6, 6.07) is 6.17.